The van der Waals surface area contributed by atoms with Crippen LogP contribution < -0.4 is 0 Å². The third kappa shape index (κ3) is 3.22. The van der Waals surface area contributed by atoms with E-state index in [0.29, 0.717) is 12.8 Å². The number of ether oxygens (including phenoxy) is 1. The molecule has 1 rings (SSSR count). The zero-order valence-electron chi connectivity index (χ0n) is 9.37. The summed E-state index contributed by atoms with van der Waals surface area (Å²) < 4.78 is 18.4. The minimum Gasteiger partial charge on any atom is -0.508 e. The molecule has 0 saturated carbocycles. The van der Waals surface area contributed by atoms with Crippen molar-refractivity contribution >= 4 is 5.97 Å². The fourth-order valence-corrected chi connectivity index (χ4v) is 1.37. The molecule has 0 spiro atoms. The second-order valence-electron chi connectivity index (χ2n) is 3.59. The average Bonchev–Trinajstić information content (AvgIpc) is 2.17. The molecule has 1 N–H and O–H groups in total. The summed E-state index contributed by atoms with van der Waals surface area (Å²) >= 11 is 0. The molecule has 0 aliphatic carbocycles. The first-order valence-electron chi connectivity index (χ1n) is 5.22. The number of rotatable bonds is 4. The van der Waals surface area contributed by atoms with E-state index in [0.717, 1.165) is 6.07 Å². The first kappa shape index (κ1) is 12.5. The van der Waals surface area contributed by atoms with Crippen molar-refractivity contribution in [2.24, 2.45) is 0 Å². The van der Waals surface area contributed by atoms with Crippen molar-refractivity contribution in [3.8, 4) is 5.75 Å². The molecular formula is C12H15FO3. The minimum absolute atomic E-state index is 0.145. The highest BCUT2D eigenvalue weighted by atomic mass is 19.1. The Balaban J connectivity index is 2.72. The standard InChI is InChI=1S/C12H15FO3/c1-3-4-12(15)16-8(2)10-6-5-9(14)7-11(10)13/h5-8,14H,3-4H2,1-2H3. The zero-order valence-corrected chi connectivity index (χ0v) is 9.37. The number of hydrogen-bond donors (Lipinski definition) is 1. The number of halogens is 1. The molecule has 16 heavy (non-hydrogen) atoms. The van der Waals surface area contributed by atoms with Crippen molar-refractivity contribution in [3.63, 3.8) is 0 Å². The molecular weight excluding hydrogens is 211 g/mol. The molecule has 0 saturated heterocycles. The third-order valence-electron chi connectivity index (χ3n) is 2.18. The smallest absolute Gasteiger partial charge is 0.306 e. The van der Waals surface area contributed by atoms with Gasteiger partial charge in [-0.1, -0.05) is 6.92 Å². The molecule has 1 aromatic carbocycles. The lowest BCUT2D eigenvalue weighted by molar-refractivity contribution is -0.148. The lowest BCUT2D eigenvalue weighted by Crippen LogP contribution is -2.09. The average molecular weight is 226 g/mol. The van der Waals surface area contributed by atoms with Crippen LogP contribution >= 0.6 is 0 Å². The summed E-state index contributed by atoms with van der Waals surface area (Å²) in [5, 5.41) is 9.04. The molecule has 0 aliphatic rings. The highest BCUT2D eigenvalue weighted by molar-refractivity contribution is 5.69. The maximum absolute atomic E-state index is 13.4. The summed E-state index contributed by atoms with van der Waals surface area (Å²) in [7, 11) is 0. The van der Waals surface area contributed by atoms with Crippen LogP contribution in [0.4, 0.5) is 4.39 Å². The second kappa shape index (κ2) is 5.49. The minimum atomic E-state index is -0.639. The van der Waals surface area contributed by atoms with Crippen LogP contribution in [0.3, 0.4) is 0 Å². The molecule has 0 aliphatic heterocycles. The molecule has 3 nitrogen and oxygen atoms in total. The Morgan fingerprint density at radius 2 is 2.25 bits per heavy atom. The molecule has 1 aromatic rings. The van der Waals surface area contributed by atoms with E-state index in [9.17, 15) is 9.18 Å². The molecule has 0 amide bonds. The predicted octanol–water partition coefficient (Wildman–Crippen LogP) is 2.94. The Morgan fingerprint density at radius 1 is 1.56 bits per heavy atom. The summed E-state index contributed by atoms with van der Waals surface area (Å²) in [5.74, 6) is -1.06. The molecule has 0 aromatic heterocycles. The molecule has 1 atom stereocenters. The molecule has 88 valence electrons. The van der Waals surface area contributed by atoms with Gasteiger partial charge in [0.2, 0.25) is 0 Å². The number of carbonyl (C=O) groups is 1. The SMILES string of the molecule is CCCC(=O)OC(C)c1ccc(O)cc1F. The monoisotopic (exact) mass is 226 g/mol. The van der Waals surface area contributed by atoms with Crippen LogP contribution in [-0.2, 0) is 9.53 Å². The number of hydrogen-bond acceptors (Lipinski definition) is 3. The molecule has 0 radical (unpaired) electrons. The summed E-state index contributed by atoms with van der Waals surface area (Å²) in [6.45, 7) is 3.47. The van der Waals surface area contributed by atoms with E-state index < -0.39 is 11.9 Å². The fourth-order valence-electron chi connectivity index (χ4n) is 1.37. The van der Waals surface area contributed by atoms with E-state index in [4.69, 9.17) is 9.84 Å². The number of carbonyl (C=O) groups excluding carboxylic acids is 1. The van der Waals surface area contributed by atoms with Crippen molar-refractivity contribution in [2.75, 3.05) is 0 Å². The van der Waals surface area contributed by atoms with Gasteiger partial charge in [-0.2, -0.15) is 0 Å². The molecule has 1 unspecified atom stereocenters. The summed E-state index contributed by atoms with van der Waals surface area (Å²) in [4.78, 5) is 11.2. The van der Waals surface area contributed by atoms with Gasteiger partial charge in [0.05, 0.1) is 0 Å². The highest BCUT2D eigenvalue weighted by Crippen LogP contribution is 2.23. The van der Waals surface area contributed by atoms with Gasteiger partial charge in [-0.05, 0) is 25.5 Å². The van der Waals surface area contributed by atoms with Crippen LogP contribution in [-0.4, -0.2) is 11.1 Å². The third-order valence-corrected chi connectivity index (χ3v) is 2.18. The first-order chi connectivity index (χ1) is 7.54. The van der Waals surface area contributed by atoms with Crippen molar-refractivity contribution < 1.29 is 19.0 Å². The van der Waals surface area contributed by atoms with Crippen LogP contribution in [0.25, 0.3) is 0 Å². The van der Waals surface area contributed by atoms with Gasteiger partial charge in [0.1, 0.15) is 17.7 Å². The maximum Gasteiger partial charge on any atom is 0.306 e. The first-order valence-corrected chi connectivity index (χ1v) is 5.22. The van der Waals surface area contributed by atoms with E-state index in [1.54, 1.807) is 6.92 Å². The van der Waals surface area contributed by atoms with Crippen molar-refractivity contribution in [1.29, 1.82) is 0 Å². The van der Waals surface area contributed by atoms with Crippen LogP contribution in [0.2, 0.25) is 0 Å². The Bertz CT molecular complexity index is 377. The van der Waals surface area contributed by atoms with Crippen LogP contribution in [0.1, 0.15) is 38.4 Å². The van der Waals surface area contributed by atoms with Crippen molar-refractivity contribution in [1.82, 2.24) is 0 Å². The van der Waals surface area contributed by atoms with Crippen LogP contribution in [0.15, 0.2) is 18.2 Å². The quantitative estimate of drug-likeness (QED) is 0.803. The number of phenols is 1. The largest absolute Gasteiger partial charge is 0.508 e. The highest BCUT2D eigenvalue weighted by Gasteiger charge is 2.15. The number of aromatic hydroxyl groups is 1. The van der Waals surface area contributed by atoms with Crippen molar-refractivity contribution in [2.45, 2.75) is 32.8 Å². The Hall–Kier alpha value is -1.58. The van der Waals surface area contributed by atoms with Gasteiger partial charge in [-0.25, -0.2) is 4.39 Å². The second-order valence-corrected chi connectivity index (χ2v) is 3.59. The van der Waals surface area contributed by atoms with E-state index in [1.165, 1.54) is 12.1 Å². The summed E-state index contributed by atoms with van der Waals surface area (Å²) in [6.07, 6.45) is 0.382. The molecule has 0 bridgehead atoms. The lowest BCUT2D eigenvalue weighted by atomic mass is 10.1. The van der Waals surface area contributed by atoms with Gasteiger partial charge in [0.25, 0.3) is 0 Å². The topological polar surface area (TPSA) is 46.5 Å². The predicted molar refractivity (Wildman–Crippen MR) is 57.5 cm³/mol. The fraction of sp³-hybridized carbons (Fsp3) is 0.417. The van der Waals surface area contributed by atoms with E-state index in [-0.39, 0.29) is 17.3 Å². The molecule has 4 heteroatoms. The Kier molecular flexibility index (Phi) is 4.28. The number of phenolic OH excluding ortho intramolecular Hbond substituents is 1. The van der Waals surface area contributed by atoms with E-state index in [1.807, 2.05) is 6.92 Å². The van der Waals surface area contributed by atoms with E-state index in [2.05, 4.69) is 0 Å². The van der Waals surface area contributed by atoms with Gasteiger partial charge >= 0.3 is 5.97 Å². The van der Waals surface area contributed by atoms with Gasteiger partial charge in [0, 0.05) is 18.1 Å². The Morgan fingerprint density at radius 3 is 2.81 bits per heavy atom. The molecule has 0 fully saturated rings. The number of benzene rings is 1. The van der Waals surface area contributed by atoms with Gasteiger partial charge < -0.3 is 9.84 Å². The summed E-state index contributed by atoms with van der Waals surface area (Å²) in [6, 6.07) is 3.77. The summed E-state index contributed by atoms with van der Waals surface area (Å²) in [5.41, 5.74) is 0.266. The normalized spacial score (nSPS) is 12.2. The van der Waals surface area contributed by atoms with Gasteiger partial charge in [0.15, 0.2) is 0 Å². The lowest BCUT2D eigenvalue weighted by Gasteiger charge is -2.14. The van der Waals surface area contributed by atoms with Gasteiger partial charge in [-0.3, -0.25) is 4.79 Å². The van der Waals surface area contributed by atoms with Crippen LogP contribution in [0.5, 0.6) is 5.75 Å². The molecule has 0 heterocycles. The van der Waals surface area contributed by atoms with E-state index >= 15 is 0 Å². The van der Waals surface area contributed by atoms with Crippen LogP contribution in [0, 0.1) is 5.82 Å². The van der Waals surface area contributed by atoms with Gasteiger partial charge in [-0.15, -0.1) is 0 Å². The zero-order chi connectivity index (χ0) is 12.1. The number of esters is 1. The van der Waals surface area contributed by atoms with Crippen molar-refractivity contribution in [3.05, 3.63) is 29.6 Å². The Labute approximate surface area is 93.9 Å². The maximum atomic E-state index is 13.4.